The van der Waals surface area contributed by atoms with Crippen LogP contribution in [0.25, 0.3) is 0 Å². The van der Waals surface area contributed by atoms with Gasteiger partial charge in [0, 0.05) is 5.69 Å². The average Bonchev–Trinajstić information content (AvgIpc) is 2.48. The largest absolute Gasteiger partial charge is 0.325 e. The predicted octanol–water partition coefficient (Wildman–Crippen LogP) is 3.74. The van der Waals surface area contributed by atoms with Crippen LogP contribution < -0.4 is 10.6 Å². The van der Waals surface area contributed by atoms with Crippen LogP contribution in [0.3, 0.4) is 0 Å². The normalized spacial score (nSPS) is 23.6. The van der Waals surface area contributed by atoms with Gasteiger partial charge < -0.3 is 10.6 Å². The third-order valence-corrected chi connectivity index (χ3v) is 4.56. The number of aryl methyl sites for hydroxylation is 1. The summed E-state index contributed by atoms with van der Waals surface area (Å²) in [6, 6.07) is 7.77. The predicted molar refractivity (Wildman–Crippen MR) is 88.4 cm³/mol. The molecule has 1 aromatic rings. The lowest BCUT2D eigenvalue weighted by Crippen LogP contribution is -2.41. The van der Waals surface area contributed by atoms with E-state index in [1.807, 2.05) is 38.1 Å². The first-order valence-electron chi connectivity index (χ1n) is 8.15. The van der Waals surface area contributed by atoms with E-state index in [4.69, 9.17) is 0 Å². The lowest BCUT2D eigenvalue weighted by molar-refractivity contribution is -0.117. The first-order chi connectivity index (χ1) is 10.0. The van der Waals surface area contributed by atoms with E-state index < -0.39 is 0 Å². The molecule has 1 aliphatic rings. The molecule has 0 aliphatic heterocycles. The fraction of sp³-hybridized carbons (Fsp3) is 0.611. The van der Waals surface area contributed by atoms with Crippen molar-refractivity contribution in [3.8, 4) is 0 Å². The average molecular weight is 288 g/mol. The van der Waals surface area contributed by atoms with Crippen molar-refractivity contribution in [3.63, 3.8) is 0 Å². The summed E-state index contributed by atoms with van der Waals surface area (Å²) >= 11 is 0. The monoisotopic (exact) mass is 288 g/mol. The van der Waals surface area contributed by atoms with Gasteiger partial charge in [-0.3, -0.25) is 4.79 Å². The standard InChI is InChI=1S/C18H28N2O/c1-13-4-8-16(9-5-13)12-19-15(3)18(21)20-17-10-6-14(2)7-11-17/h6-7,10-11,13,15-16,19H,4-5,8-9,12H2,1-3H3,(H,20,21). The van der Waals surface area contributed by atoms with Crippen LogP contribution in [-0.2, 0) is 4.79 Å². The van der Waals surface area contributed by atoms with Gasteiger partial charge in [-0.2, -0.15) is 0 Å². The third-order valence-electron chi connectivity index (χ3n) is 4.56. The van der Waals surface area contributed by atoms with Crippen molar-refractivity contribution in [2.75, 3.05) is 11.9 Å². The fourth-order valence-corrected chi connectivity index (χ4v) is 2.86. The van der Waals surface area contributed by atoms with Crippen LogP contribution in [0.15, 0.2) is 24.3 Å². The molecule has 0 spiro atoms. The zero-order valence-electron chi connectivity index (χ0n) is 13.5. The maximum absolute atomic E-state index is 12.1. The Morgan fingerprint density at radius 2 is 1.81 bits per heavy atom. The summed E-state index contributed by atoms with van der Waals surface area (Å²) in [7, 11) is 0. The lowest BCUT2D eigenvalue weighted by Gasteiger charge is -2.27. The summed E-state index contributed by atoms with van der Waals surface area (Å²) < 4.78 is 0. The molecule has 2 rings (SSSR count). The van der Waals surface area contributed by atoms with Crippen LogP contribution in [0.4, 0.5) is 5.69 Å². The second kappa shape index (κ2) is 7.60. The minimum absolute atomic E-state index is 0.0445. The van der Waals surface area contributed by atoms with E-state index in [2.05, 4.69) is 17.6 Å². The van der Waals surface area contributed by atoms with Gasteiger partial charge >= 0.3 is 0 Å². The minimum atomic E-state index is -0.148. The van der Waals surface area contributed by atoms with Crippen LogP contribution in [-0.4, -0.2) is 18.5 Å². The molecular weight excluding hydrogens is 260 g/mol. The van der Waals surface area contributed by atoms with Gasteiger partial charge in [0.05, 0.1) is 6.04 Å². The quantitative estimate of drug-likeness (QED) is 0.866. The van der Waals surface area contributed by atoms with Crippen molar-refractivity contribution in [3.05, 3.63) is 29.8 Å². The Labute approximate surface area is 128 Å². The van der Waals surface area contributed by atoms with Crippen molar-refractivity contribution in [1.29, 1.82) is 0 Å². The van der Waals surface area contributed by atoms with Crippen molar-refractivity contribution in [2.24, 2.45) is 11.8 Å². The summed E-state index contributed by atoms with van der Waals surface area (Å²) in [6.07, 6.45) is 5.24. The zero-order valence-corrected chi connectivity index (χ0v) is 13.5. The van der Waals surface area contributed by atoms with Gasteiger partial charge in [-0.25, -0.2) is 0 Å². The number of anilines is 1. The first kappa shape index (κ1) is 16.0. The van der Waals surface area contributed by atoms with Crippen LogP contribution in [0.5, 0.6) is 0 Å². The smallest absolute Gasteiger partial charge is 0.241 e. The molecule has 1 amide bonds. The fourth-order valence-electron chi connectivity index (χ4n) is 2.86. The number of hydrogen-bond acceptors (Lipinski definition) is 2. The van der Waals surface area contributed by atoms with E-state index in [0.29, 0.717) is 0 Å². The van der Waals surface area contributed by atoms with Crippen LogP contribution in [0.2, 0.25) is 0 Å². The number of benzene rings is 1. The van der Waals surface area contributed by atoms with Crippen molar-refractivity contribution >= 4 is 11.6 Å². The van der Waals surface area contributed by atoms with Crippen molar-refractivity contribution < 1.29 is 4.79 Å². The Balaban J connectivity index is 1.73. The molecule has 0 heterocycles. The highest BCUT2D eigenvalue weighted by molar-refractivity contribution is 5.94. The number of hydrogen-bond donors (Lipinski definition) is 2. The summed E-state index contributed by atoms with van der Waals surface area (Å²) in [6.45, 7) is 7.27. The molecule has 0 saturated heterocycles. The second-order valence-electron chi connectivity index (χ2n) is 6.61. The Morgan fingerprint density at radius 1 is 1.19 bits per heavy atom. The maximum Gasteiger partial charge on any atom is 0.241 e. The Morgan fingerprint density at radius 3 is 2.43 bits per heavy atom. The van der Waals surface area contributed by atoms with E-state index in [0.717, 1.165) is 24.1 Å². The summed E-state index contributed by atoms with van der Waals surface area (Å²) in [4.78, 5) is 12.1. The van der Waals surface area contributed by atoms with E-state index >= 15 is 0 Å². The highest BCUT2D eigenvalue weighted by Gasteiger charge is 2.20. The van der Waals surface area contributed by atoms with Gasteiger partial charge in [-0.05, 0) is 57.2 Å². The molecule has 3 nitrogen and oxygen atoms in total. The van der Waals surface area contributed by atoms with E-state index in [1.54, 1.807) is 0 Å². The number of carbonyl (C=O) groups excluding carboxylic acids is 1. The van der Waals surface area contributed by atoms with Crippen LogP contribution in [0.1, 0.15) is 45.1 Å². The Bertz CT molecular complexity index is 447. The van der Waals surface area contributed by atoms with E-state index in [9.17, 15) is 4.79 Å². The van der Waals surface area contributed by atoms with E-state index in [1.165, 1.54) is 31.2 Å². The molecule has 1 fully saturated rings. The Kier molecular flexibility index (Phi) is 5.80. The SMILES string of the molecule is Cc1ccc(NC(=O)C(C)NCC2CCC(C)CC2)cc1. The second-order valence-corrected chi connectivity index (χ2v) is 6.61. The lowest BCUT2D eigenvalue weighted by atomic mass is 9.83. The molecule has 0 bridgehead atoms. The zero-order chi connectivity index (χ0) is 15.2. The van der Waals surface area contributed by atoms with Gasteiger partial charge in [0.2, 0.25) is 5.91 Å². The van der Waals surface area contributed by atoms with Gasteiger partial charge in [0.1, 0.15) is 0 Å². The molecule has 116 valence electrons. The van der Waals surface area contributed by atoms with Gasteiger partial charge in [-0.1, -0.05) is 37.5 Å². The topological polar surface area (TPSA) is 41.1 Å². The summed E-state index contributed by atoms with van der Waals surface area (Å²) in [5.41, 5.74) is 2.07. The molecule has 1 saturated carbocycles. The van der Waals surface area contributed by atoms with Gasteiger partial charge in [-0.15, -0.1) is 0 Å². The molecule has 1 aliphatic carbocycles. The first-order valence-corrected chi connectivity index (χ1v) is 8.15. The summed E-state index contributed by atoms with van der Waals surface area (Å²) in [5, 5.41) is 6.35. The number of nitrogens with one attached hydrogen (secondary N) is 2. The molecule has 2 N–H and O–H groups in total. The van der Waals surface area contributed by atoms with Crippen molar-refractivity contribution in [2.45, 2.75) is 52.5 Å². The Hall–Kier alpha value is -1.35. The summed E-state index contributed by atoms with van der Waals surface area (Å²) in [5.74, 6) is 1.65. The molecule has 21 heavy (non-hydrogen) atoms. The number of amides is 1. The van der Waals surface area contributed by atoms with Gasteiger partial charge in [0.15, 0.2) is 0 Å². The van der Waals surface area contributed by atoms with Crippen LogP contribution in [0, 0.1) is 18.8 Å². The highest BCUT2D eigenvalue weighted by Crippen LogP contribution is 2.27. The molecule has 3 heteroatoms. The maximum atomic E-state index is 12.1. The van der Waals surface area contributed by atoms with Gasteiger partial charge in [0.25, 0.3) is 0 Å². The molecule has 0 radical (unpaired) electrons. The third kappa shape index (κ3) is 5.16. The minimum Gasteiger partial charge on any atom is -0.325 e. The molecular formula is C18H28N2O. The molecule has 1 atom stereocenters. The molecule has 1 aromatic carbocycles. The van der Waals surface area contributed by atoms with Crippen molar-refractivity contribution in [1.82, 2.24) is 5.32 Å². The van der Waals surface area contributed by atoms with E-state index in [-0.39, 0.29) is 11.9 Å². The number of carbonyl (C=O) groups is 1. The highest BCUT2D eigenvalue weighted by atomic mass is 16.2. The number of rotatable bonds is 5. The molecule has 0 aromatic heterocycles. The van der Waals surface area contributed by atoms with Crippen LogP contribution >= 0.6 is 0 Å². The molecule has 1 unspecified atom stereocenters.